The molecule has 0 saturated carbocycles. The van der Waals surface area contributed by atoms with Gasteiger partial charge in [-0.25, -0.2) is 0 Å². The Morgan fingerprint density at radius 3 is 2.60 bits per heavy atom. The fourth-order valence-corrected chi connectivity index (χ4v) is 3.22. The van der Waals surface area contributed by atoms with Crippen molar-refractivity contribution in [1.29, 1.82) is 0 Å². The molecule has 134 valence electrons. The molecule has 2 amide bonds. The number of benzene rings is 1. The van der Waals surface area contributed by atoms with E-state index in [0.29, 0.717) is 22.8 Å². The van der Waals surface area contributed by atoms with Crippen LogP contribution in [0.4, 0.5) is 0 Å². The fraction of sp³-hybridized carbons (Fsp3) is 0.333. The van der Waals surface area contributed by atoms with Crippen LogP contribution in [0.5, 0.6) is 5.75 Å². The quantitative estimate of drug-likeness (QED) is 0.774. The molecular formula is C18H21ClN2O3S. The topological polar surface area (TPSA) is 67.4 Å². The molecule has 1 atom stereocenters. The normalized spacial score (nSPS) is 11.9. The van der Waals surface area contributed by atoms with Crippen molar-refractivity contribution in [2.24, 2.45) is 0 Å². The Bertz CT molecular complexity index is 732. The van der Waals surface area contributed by atoms with E-state index in [-0.39, 0.29) is 17.9 Å². The molecule has 0 aliphatic carbocycles. The number of halogens is 1. The van der Waals surface area contributed by atoms with Gasteiger partial charge in [0.1, 0.15) is 11.8 Å². The zero-order chi connectivity index (χ0) is 18.4. The largest absolute Gasteiger partial charge is 0.489 e. The summed E-state index contributed by atoms with van der Waals surface area (Å²) in [6, 6.07) is 8.02. The first-order valence-electron chi connectivity index (χ1n) is 7.91. The zero-order valence-corrected chi connectivity index (χ0v) is 15.9. The van der Waals surface area contributed by atoms with Crippen molar-refractivity contribution in [1.82, 2.24) is 10.6 Å². The summed E-state index contributed by atoms with van der Waals surface area (Å²) in [6.07, 6.45) is 0.423. The monoisotopic (exact) mass is 380 g/mol. The smallest absolute Gasteiger partial charge is 0.251 e. The van der Waals surface area contributed by atoms with Crippen molar-refractivity contribution < 1.29 is 14.3 Å². The molecule has 25 heavy (non-hydrogen) atoms. The van der Waals surface area contributed by atoms with Crippen molar-refractivity contribution in [3.63, 3.8) is 0 Å². The maximum Gasteiger partial charge on any atom is 0.251 e. The van der Waals surface area contributed by atoms with Gasteiger partial charge in [0.05, 0.1) is 11.1 Å². The van der Waals surface area contributed by atoms with E-state index < -0.39 is 6.04 Å². The lowest BCUT2D eigenvalue weighted by molar-refractivity contribution is -0.122. The van der Waals surface area contributed by atoms with E-state index in [1.165, 1.54) is 0 Å². The third-order valence-electron chi connectivity index (χ3n) is 3.41. The van der Waals surface area contributed by atoms with Gasteiger partial charge in [-0.3, -0.25) is 9.59 Å². The Balaban J connectivity index is 2.12. The van der Waals surface area contributed by atoms with Gasteiger partial charge in [0.2, 0.25) is 5.91 Å². The maximum absolute atomic E-state index is 12.5. The molecule has 0 spiro atoms. The van der Waals surface area contributed by atoms with Gasteiger partial charge in [-0.2, -0.15) is 0 Å². The molecule has 2 N–H and O–H groups in total. The molecule has 0 radical (unpaired) electrons. The van der Waals surface area contributed by atoms with Crippen LogP contribution in [0.25, 0.3) is 0 Å². The minimum atomic E-state index is -0.651. The van der Waals surface area contributed by atoms with E-state index in [4.69, 9.17) is 16.3 Å². The van der Waals surface area contributed by atoms with E-state index in [1.807, 2.05) is 31.4 Å². The van der Waals surface area contributed by atoms with Gasteiger partial charge in [-0.1, -0.05) is 17.7 Å². The highest BCUT2D eigenvalue weighted by atomic mass is 35.5. The van der Waals surface area contributed by atoms with Gasteiger partial charge in [-0.05, 0) is 43.5 Å². The van der Waals surface area contributed by atoms with Crippen LogP contribution in [0.15, 0.2) is 35.7 Å². The molecule has 1 unspecified atom stereocenters. The summed E-state index contributed by atoms with van der Waals surface area (Å²) in [6.45, 7) is 3.80. The second-order valence-electron chi connectivity index (χ2n) is 5.74. The summed E-state index contributed by atoms with van der Waals surface area (Å²) in [5, 5.41) is 7.64. The second kappa shape index (κ2) is 8.87. The van der Waals surface area contributed by atoms with Crippen molar-refractivity contribution in [3.05, 3.63) is 51.2 Å². The molecule has 1 aromatic carbocycles. The van der Waals surface area contributed by atoms with Crippen molar-refractivity contribution in [3.8, 4) is 5.75 Å². The van der Waals surface area contributed by atoms with Crippen LogP contribution in [0.3, 0.4) is 0 Å². The van der Waals surface area contributed by atoms with Crippen LogP contribution in [0.2, 0.25) is 5.02 Å². The van der Waals surface area contributed by atoms with Gasteiger partial charge in [0, 0.05) is 23.9 Å². The summed E-state index contributed by atoms with van der Waals surface area (Å²) in [5.41, 5.74) is 0.376. The highest BCUT2D eigenvalue weighted by Gasteiger charge is 2.22. The molecule has 0 aliphatic heterocycles. The Morgan fingerprint density at radius 2 is 2.04 bits per heavy atom. The molecule has 1 heterocycles. The van der Waals surface area contributed by atoms with Crippen LogP contribution in [-0.4, -0.2) is 31.0 Å². The van der Waals surface area contributed by atoms with Crippen LogP contribution in [0, 0.1) is 0 Å². The number of thiophene rings is 1. The van der Waals surface area contributed by atoms with E-state index in [2.05, 4.69) is 10.6 Å². The van der Waals surface area contributed by atoms with Gasteiger partial charge in [-0.15, -0.1) is 11.3 Å². The Kier molecular flexibility index (Phi) is 6.84. The van der Waals surface area contributed by atoms with Crippen LogP contribution < -0.4 is 15.4 Å². The highest BCUT2D eigenvalue weighted by molar-refractivity contribution is 7.09. The van der Waals surface area contributed by atoms with E-state index in [1.54, 1.807) is 36.6 Å². The van der Waals surface area contributed by atoms with Gasteiger partial charge < -0.3 is 15.4 Å². The van der Waals surface area contributed by atoms with Gasteiger partial charge in [0.25, 0.3) is 5.91 Å². The van der Waals surface area contributed by atoms with Crippen molar-refractivity contribution >= 4 is 34.8 Å². The summed E-state index contributed by atoms with van der Waals surface area (Å²) >= 11 is 7.72. The zero-order valence-electron chi connectivity index (χ0n) is 14.3. The molecule has 0 saturated heterocycles. The molecule has 2 rings (SSSR count). The number of hydrogen-bond donors (Lipinski definition) is 2. The second-order valence-corrected chi connectivity index (χ2v) is 7.18. The molecule has 0 aliphatic rings. The fourth-order valence-electron chi connectivity index (χ4n) is 2.25. The lowest BCUT2D eigenvalue weighted by Crippen LogP contribution is -2.46. The summed E-state index contributed by atoms with van der Waals surface area (Å²) in [4.78, 5) is 25.6. The summed E-state index contributed by atoms with van der Waals surface area (Å²) in [5.74, 6) is -0.0783. The number of ether oxygens (including phenoxy) is 1. The third kappa shape index (κ3) is 5.47. The SMILES string of the molecule is CNC(=O)C(Cc1cccs1)NC(=O)c1ccc(OC(C)C)c(Cl)c1. The van der Waals surface area contributed by atoms with Gasteiger partial charge >= 0.3 is 0 Å². The number of carbonyl (C=O) groups is 2. The molecule has 1 aromatic heterocycles. The Hall–Kier alpha value is -2.05. The first-order valence-corrected chi connectivity index (χ1v) is 9.17. The lowest BCUT2D eigenvalue weighted by Gasteiger charge is -2.17. The highest BCUT2D eigenvalue weighted by Crippen LogP contribution is 2.26. The van der Waals surface area contributed by atoms with E-state index in [9.17, 15) is 9.59 Å². The number of rotatable bonds is 7. The molecule has 2 aromatic rings. The minimum absolute atomic E-state index is 0.0133. The third-order valence-corrected chi connectivity index (χ3v) is 4.60. The predicted octanol–water partition coefficient (Wildman–Crippen LogP) is 3.28. The minimum Gasteiger partial charge on any atom is -0.489 e. The Morgan fingerprint density at radius 1 is 1.28 bits per heavy atom. The van der Waals surface area contributed by atoms with Crippen LogP contribution in [-0.2, 0) is 11.2 Å². The van der Waals surface area contributed by atoms with Crippen molar-refractivity contribution in [2.75, 3.05) is 7.05 Å². The lowest BCUT2D eigenvalue weighted by atomic mass is 10.1. The van der Waals surface area contributed by atoms with E-state index >= 15 is 0 Å². The molecular weight excluding hydrogens is 360 g/mol. The van der Waals surface area contributed by atoms with E-state index in [0.717, 1.165) is 4.88 Å². The summed E-state index contributed by atoms with van der Waals surface area (Å²) in [7, 11) is 1.55. The Labute approximate surface area is 156 Å². The molecule has 7 heteroatoms. The number of nitrogens with one attached hydrogen (secondary N) is 2. The molecule has 5 nitrogen and oxygen atoms in total. The average molecular weight is 381 g/mol. The van der Waals surface area contributed by atoms with Crippen LogP contribution >= 0.6 is 22.9 Å². The summed E-state index contributed by atoms with van der Waals surface area (Å²) < 4.78 is 5.56. The first kappa shape index (κ1) is 19.3. The predicted molar refractivity (Wildman–Crippen MR) is 101 cm³/mol. The first-order chi connectivity index (χ1) is 11.9. The maximum atomic E-state index is 12.5. The van der Waals surface area contributed by atoms with Gasteiger partial charge in [0.15, 0.2) is 0 Å². The number of likely N-dealkylation sites (N-methyl/N-ethyl adjacent to an activating group) is 1. The average Bonchev–Trinajstić information content (AvgIpc) is 3.08. The molecule has 0 bridgehead atoms. The van der Waals surface area contributed by atoms with Crippen LogP contribution in [0.1, 0.15) is 29.1 Å². The number of carbonyl (C=O) groups excluding carboxylic acids is 2. The number of hydrogen-bond acceptors (Lipinski definition) is 4. The standard InChI is InChI=1S/C18H21ClN2O3S/c1-11(2)24-16-7-6-12(9-14(16)19)17(22)21-15(18(23)20-3)10-13-5-4-8-25-13/h4-9,11,15H,10H2,1-3H3,(H,20,23)(H,21,22). The van der Waals surface area contributed by atoms with Crippen molar-refractivity contribution in [2.45, 2.75) is 32.4 Å². The molecule has 0 fully saturated rings. The number of amides is 2.